The second-order valence-electron chi connectivity index (χ2n) is 1.42. The van der Waals surface area contributed by atoms with Crippen molar-refractivity contribution in [1.29, 1.82) is 5.59 Å². The van der Waals surface area contributed by atoms with Gasteiger partial charge in [0.25, 0.3) is 5.56 Å². The van der Waals surface area contributed by atoms with Crippen LogP contribution in [0, 0.1) is 16.3 Å². The van der Waals surface area contributed by atoms with E-state index in [1.54, 1.807) is 4.98 Å². The first-order chi connectivity index (χ1) is 5.20. The van der Waals surface area contributed by atoms with Gasteiger partial charge in [0.15, 0.2) is 0 Å². The quantitative estimate of drug-likeness (QED) is 0.448. The summed E-state index contributed by atoms with van der Waals surface area (Å²) >= 11 is 0. The molecule has 1 heterocycles. The van der Waals surface area contributed by atoms with Gasteiger partial charge in [-0.3, -0.25) is 9.78 Å². The van der Waals surface area contributed by atoms with Gasteiger partial charge in [-0.15, -0.1) is 0 Å². The van der Waals surface area contributed by atoms with Crippen LogP contribution < -0.4 is 11.2 Å². The fourth-order valence-electron chi connectivity index (χ4n) is 0.393. The number of nitroso groups, excluding NO2 is 1. The molecule has 0 spiro atoms. The highest BCUT2D eigenvalue weighted by atomic mass is 19.1. The molecule has 3 N–H and O–H groups in total. The van der Waals surface area contributed by atoms with E-state index in [1.165, 1.54) is 0 Å². The van der Waals surface area contributed by atoms with Crippen LogP contribution in [-0.2, 0) is 0 Å². The summed E-state index contributed by atoms with van der Waals surface area (Å²) in [7, 11) is 0. The predicted molar refractivity (Wildman–Crippen MR) is 33.7 cm³/mol. The Bertz CT molecular complexity index is 330. The summed E-state index contributed by atoms with van der Waals surface area (Å²) in [5.74, 6) is -0.991. The zero-order valence-electron chi connectivity index (χ0n) is 5.18. The summed E-state index contributed by atoms with van der Waals surface area (Å²) in [6.45, 7) is 0. The Morgan fingerprint density at radius 1 is 1.36 bits per heavy atom. The highest BCUT2D eigenvalue weighted by Crippen LogP contribution is 1.74. The van der Waals surface area contributed by atoms with Crippen molar-refractivity contribution >= 4 is 0 Å². The third-order valence-electron chi connectivity index (χ3n) is 0.774. The first kappa shape index (κ1) is 9.21. The van der Waals surface area contributed by atoms with Gasteiger partial charge in [-0.2, -0.15) is 9.30 Å². The van der Waals surface area contributed by atoms with Crippen LogP contribution in [0.15, 0.2) is 15.8 Å². The van der Waals surface area contributed by atoms with Gasteiger partial charge in [0, 0.05) is 6.20 Å². The van der Waals surface area contributed by atoms with Crippen molar-refractivity contribution in [2.75, 3.05) is 0 Å². The van der Waals surface area contributed by atoms with Gasteiger partial charge in [0.2, 0.25) is 5.82 Å². The summed E-state index contributed by atoms with van der Waals surface area (Å²) in [4.78, 5) is 31.5. The average Bonchev–Trinajstić information content (AvgIpc) is 2.02. The molecule has 0 saturated heterocycles. The summed E-state index contributed by atoms with van der Waals surface area (Å²) < 4.78 is 12.0. The summed E-state index contributed by atoms with van der Waals surface area (Å²) in [6.07, 6.45) is 0.709. The molecule has 0 aliphatic heterocycles. The maximum atomic E-state index is 12.0. The molecule has 1 aromatic heterocycles. The molecule has 1 rings (SSSR count). The van der Waals surface area contributed by atoms with Crippen LogP contribution in [-0.4, -0.2) is 9.97 Å². The van der Waals surface area contributed by atoms with Crippen molar-refractivity contribution < 1.29 is 4.39 Å². The second-order valence-corrected chi connectivity index (χ2v) is 1.42. The van der Waals surface area contributed by atoms with Crippen LogP contribution >= 0.6 is 0 Å². The fourth-order valence-corrected chi connectivity index (χ4v) is 0.393. The van der Waals surface area contributed by atoms with Gasteiger partial charge in [0.05, 0.1) is 0 Å². The van der Waals surface area contributed by atoms with Crippen LogP contribution in [0.5, 0.6) is 0 Å². The molecule has 0 radical (unpaired) electrons. The van der Waals surface area contributed by atoms with Crippen LogP contribution in [0.25, 0.3) is 0 Å². The Morgan fingerprint density at radius 2 is 1.91 bits per heavy atom. The zero-order valence-corrected chi connectivity index (χ0v) is 5.18. The smallest absolute Gasteiger partial charge is 0.311 e. The lowest BCUT2D eigenvalue weighted by atomic mass is 10.6. The van der Waals surface area contributed by atoms with Gasteiger partial charge < -0.3 is 4.98 Å². The highest BCUT2D eigenvalue weighted by Gasteiger charge is 1.93. The van der Waals surface area contributed by atoms with Gasteiger partial charge in [-0.25, -0.2) is 4.79 Å². The summed E-state index contributed by atoms with van der Waals surface area (Å²) in [5.41, 5.74) is 2.79. The molecule has 0 atom stereocenters. The van der Waals surface area contributed by atoms with E-state index in [9.17, 15) is 14.0 Å². The normalized spacial score (nSPS) is 8.09. The van der Waals surface area contributed by atoms with Gasteiger partial charge in [-0.05, 0) is 0 Å². The number of aromatic amines is 2. The maximum absolute atomic E-state index is 12.0. The minimum absolute atomic E-state index is 0.707. The minimum Gasteiger partial charge on any atom is -0.311 e. The van der Waals surface area contributed by atoms with E-state index < -0.39 is 17.1 Å². The molecule has 60 valence electrons. The third kappa shape index (κ3) is 2.52. The number of rotatable bonds is 0. The number of H-pyrrole nitrogens is 2. The van der Waals surface area contributed by atoms with Gasteiger partial charge in [-0.1, -0.05) is 5.59 Å². The number of nitrogens with one attached hydrogen (secondary N) is 3. The van der Waals surface area contributed by atoms with E-state index >= 15 is 0 Å². The average molecular weight is 161 g/mol. The lowest BCUT2D eigenvalue weighted by molar-refractivity contribution is 0.597. The Kier molecular flexibility index (Phi) is 3.43. The molecular weight excluding hydrogens is 157 g/mol. The Morgan fingerprint density at radius 3 is 2.27 bits per heavy atom. The first-order valence-electron chi connectivity index (χ1n) is 2.38. The standard InChI is InChI=1S/C4H3FN2O2.HNO/c5-2-1-6-4(9)7-3(2)8;1-2/h1H,(H2,6,7,8,9);1H. The van der Waals surface area contributed by atoms with Crippen LogP contribution in [0.2, 0.25) is 0 Å². The Balaban J connectivity index is 0.000000461. The Hall–Kier alpha value is -1.79. The van der Waals surface area contributed by atoms with Crippen molar-refractivity contribution in [3.05, 3.63) is 37.8 Å². The van der Waals surface area contributed by atoms with Crippen molar-refractivity contribution in [3.8, 4) is 0 Å². The van der Waals surface area contributed by atoms with Crippen molar-refractivity contribution in [2.24, 2.45) is 0 Å². The van der Waals surface area contributed by atoms with E-state index in [2.05, 4.69) is 5.59 Å². The third-order valence-corrected chi connectivity index (χ3v) is 0.774. The van der Waals surface area contributed by atoms with Crippen molar-refractivity contribution in [2.45, 2.75) is 0 Å². The van der Waals surface area contributed by atoms with E-state index in [0.717, 1.165) is 0 Å². The lowest BCUT2D eigenvalue weighted by Gasteiger charge is -1.81. The lowest BCUT2D eigenvalue weighted by Crippen LogP contribution is -2.23. The molecule has 11 heavy (non-hydrogen) atoms. The minimum atomic E-state index is -1.00. The molecule has 0 aromatic carbocycles. The van der Waals surface area contributed by atoms with Crippen molar-refractivity contribution in [1.82, 2.24) is 9.97 Å². The molecule has 1 aromatic rings. The Labute approximate surface area is 58.8 Å². The topological polar surface area (TPSA) is 107 Å². The summed E-state index contributed by atoms with van der Waals surface area (Å²) in [5, 5.41) is 0. The van der Waals surface area contributed by atoms with E-state index in [0.29, 0.717) is 6.20 Å². The molecule has 0 saturated carbocycles. The van der Waals surface area contributed by atoms with Crippen LogP contribution in [0.4, 0.5) is 4.39 Å². The number of hydrogen-bond acceptors (Lipinski definition) is 4. The monoisotopic (exact) mass is 161 g/mol. The van der Waals surface area contributed by atoms with Gasteiger partial charge >= 0.3 is 5.69 Å². The van der Waals surface area contributed by atoms with Gasteiger partial charge in [0.1, 0.15) is 0 Å². The largest absolute Gasteiger partial charge is 0.325 e. The molecular formula is C4H4FN3O3. The number of halogens is 1. The van der Waals surface area contributed by atoms with E-state index in [4.69, 9.17) is 4.91 Å². The fraction of sp³-hybridized carbons (Fsp3) is 0. The number of aromatic nitrogens is 2. The highest BCUT2D eigenvalue weighted by molar-refractivity contribution is 4.83. The second kappa shape index (κ2) is 4.09. The maximum Gasteiger partial charge on any atom is 0.325 e. The first-order valence-corrected chi connectivity index (χ1v) is 2.38. The van der Waals surface area contributed by atoms with Crippen LogP contribution in [0.1, 0.15) is 0 Å². The molecule has 0 aliphatic carbocycles. The SMILES string of the molecule is N=O.O=c1[nH]cc(F)c(=O)[nH]1. The van der Waals surface area contributed by atoms with E-state index in [-0.39, 0.29) is 0 Å². The number of hydrogen-bond donors (Lipinski definition) is 3. The molecule has 0 unspecified atom stereocenters. The predicted octanol–water partition coefficient (Wildman–Crippen LogP) is -0.466. The van der Waals surface area contributed by atoms with Crippen LogP contribution in [0.3, 0.4) is 0 Å². The molecule has 7 heteroatoms. The van der Waals surface area contributed by atoms with E-state index in [1.807, 2.05) is 4.98 Å². The molecule has 0 aliphatic rings. The van der Waals surface area contributed by atoms with Crippen molar-refractivity contribution in [3.63, 3.8) is 0 Å². The zero-order chi connectivity index (χ0) is 8.85. The molecule has 6 nitrogen and oxygen atoms in total. The molecule has 0 bridgehead atoms. The summed E-state index contributed by atoms with van der Waals surface area (Å²) in [6, 6.07) is 0. The molecule has 0 amide bonds. The molecule has 0 fully saturated rings.